The van der Waals surface area contributed by atoms with E-state index < -0.39 is 5.79 Å². The quantitative estimate of drug-likeness (QED) is 0.318. The first-order chi connectivity index (χ1) is 15.7. The van der Waals surface area contributed by atoms with Crippen LogP contribution in [0.5, 0.6) is 0 Å². The fourth-order valence-electron chi connectivity index (χ4n) is 6.46. The summed E-state index contributed by atoms with van der Waals surface area (Å²) >= 11 is 0. The van der Waals surface area contributed by atoms with Crippen LogP contribution in [0.2, 0.25) is 0 Å². The second kappa shape index (κ2) is 13.1. The van der Waals surface area contributed by atoms with E-state index in [0.29, 0.717) is 30.8 Å². The lowest BCUT2D eigenvalue weighted by Crippen LogP contribution is -2.46. The van der Waals surface area contributed by atoms with Gasteiger partial charge >= 0.3 is 0 Å². The third-order valence-corrected chi connectivity index (χ3v) is 8.27. The lowest BCUT2D eigenvalue weighted by Gasteiger charge is -2.42. The summed E-state index contributed by atoms with van der Waals surface area (Å²) in [5.74, 6) is -0.613. The van der Waals surface area contributed by atoms with Crippen molar-refractivity contribution in [3.63, 3.8) is 0 Å². The van der Waals surface area contributed by atoms with Gasteiger partial charge in [-0.15, -0.1) is 0 Å². The predicted octanol–water partition coefficient (Wildman–Crippen LogP) is 7.82. The van der Waals surface area contributed by atoms with Crippen molar-refractivity contribution in [1.29, 1.82) is 0 Å². The van der Waals surface area contributed by atoms with Gasteiger partial charge in [0.05, 0.1) is 30.8 Å². The minimum Gasteiger partial charge on any atom is -0.349 e. The van der Waals surface area contributed by atoms with Crippen molar-refractivity contribution in [1.82, 2.24) is 0 Å². The van der Waals surface area contributed by atoms with Crippen LogP contribution in [-0.4, -0.2) is 36.5 Å². The third-order valence-electron chi connectivity index (χ3n) is 8.27. The zero-order valence-electron chi connectivity index (χ0n) is 20.9. The Morgan fingerprint density at radius 3 is 1.16 bits per heavy atom. The van der Waals surface area contributed by atoms with Gasteiger partial charge in [0.15, 0.2) is 12.1 Å². The van der Waals surface area contributed by atoms with Gasteiger partial charge in [0.1, 0.15) is 0 Å². The van der Waals surface area contributed by atoms with Gasteiger partial charge in [-0.2, -0.15) is 0 Å². The van der Waals surface area contributed by atoms with Crippen molar-refractivity contribution >= 4 is 0 Å². The average Bonchev–Trinajstić information content (AvgIpc) is 2.81. The summed E-state index contributed by atoms with van der Waals surface area (Å²) < 4.78 is 27.0. The Hall–Kier alpha value is -0.160. The Kier molecular flexibility index (Phi) is 10.2. The fraction of sp³-hybridized carbons (Fsp3) is 1.00. The van der Waals surface area contributed by atoms with Gasteiger partial charge in [0.2, 0.25) is 0 Å². The van der Waals surface area contributed by atoms with Crippen molar-refractivity contribution < 1.29 is 18.9 Å². The Morgan fingerprint density at radius 2 is 0.812 bits per heavy atom. The normalized spacial score (nSPS) is 26.1. The van der Waals surface area contributed by atoms with Gasteiger partial charge in [-0.3, -0.25) is 0 Å². The lowest BCUT2D eigenvalue weighted by atomic mass is 9.96. The van der Waals surface area contributed by atoms with Crippen molar-refractivity contribution in [3.8, 4) is 0 Å². The van der Waals surface area contributed by atoms with E-state index in [4.69, 9.17) is 18.9 Å². The number of ether oxygens (including phenoxy) is 4. The molecule has 0 spiro atoms. The van der Waals surface area contributed by atoms with E-state index in [-0.39, 0.29) is 6.29 Å². The van der Waals surface area contributed by atoms with Crippen molar-refractivity contribution in [2.75, 3.05) is 0 Å². The summed E-state index contributed by atoms with van der Waals surface area (Å²) in [5.41, 5.74) is 0. The molecule has 4 aliphatic rings. The molecule has 4 aliphatic carbocycles. The van der Waals surface area contributed by atoms with Crippen LogP contribution in [0.15, 0.2) is 0 Å². The second-order valence-electron chi connectivity index (χ2n) is 11.3. The summed E-state index contributed by atoms with van der Waals surface area (Å²) in [5, 5.41) is 0. The molecule has 4 heteroatoms. The van der Waals surface area contributed by atoms with E-state index in [9.17, 15) is 0 Å². The molecule has 0 saturated heterocycles. The minimum absolute atomic E-state index is 0.210. The van der Waals surface area contributed by atoms with Gasteiger partial charge in [-0.25, -0.2) is 0 Å². The Bertz CT molecular complexity index is 460. The SMILES string of the molecule is CC(CC(OC1CCCCC1)OC1CCCCC1)(OC1CCCCC1)OC1CCCCC1. The summed E-state index contributed by atoms with van der Waals surface area (Å²) in [6.07, 6.45) is 26.8. The molecule has 4 fully saturated rings. The molecule has 4 rings (SSSR count). The lowest BCUT2D eigenvalue weighted by molar-refractivity contribution is -0.314. The molecule has 0 aromatic heterocycles. The molecule has 32 heavy (non-hydrogen) atoms. The third kappa shape index (κ3) is 8.25. The summed E-state index contributed by atoms with van der Waals surface area (Å²) in [4.78, 5) is 0. The minimum atomic E-state index is -0.613. The Balaban J connectivity index is 1.43. The molecule has 0 heterocycles. The molecule has 4 nitrogen and oxygen atoms in total. The standard InChI is InChI=1S/C28H50O4/c1-28(31-25-18-10-4-11-19-25,32-26-20-12-5-13-21-26)22-27(29-23-14-6-2-7-15-23)30-24-16-8-3-9-17-24/h23-27H,2-22H2,1H3. The molecule has 186 valence electrons. The van der Waals surface area contributed by atoms with Gasteiger partial charge < -0.3 is 18.9 Å². The summed E-state index contributed by atoms with van der Waals surface area (Å²) in [7, 11) is 0. The van der Waals surface area contributed by atoms with Crippen LogP contribution >= 0.6 is 0 Å². The first-order valence-electron chi connectivity index (χ1n) is 14.4. The molecule has 0 radical (unpaired) electrons. The maximum Gasteiger partial charge on any atom is 0.171 e. The molecule has 0 aromatic rings. The maximum absolute atomic E-state index is 6.81. The van der Waals surface area contributed by atoms with E-state index in [1.165, 1.54) is 128 Å². The average molecular weight is 451 g/mol. The molecule has 0 aromatic carbocycles. The zero-order chi connectivity index (χ0) is 22.1. The van der Waals surface area contributed by atoms with E-state index in [0.717, 1.165) is 0 Å². The first-order valence-corrected chi connectivity index (χ1v) is 14.4. The molecule has 0 bridgehead atoms. The van der Waals surface area contributed by atoms with Crippen LogP contribution in [0.1, 0.15) is 142 Å². The molecule has 0 N–H and O–H groups in total. The highest BCUT2D eigenvalue weighted by atomic mass is 16.7. The number of hydrogen-bond donors (Lipinski definition) is 0. The number of hydrogen-bond acceptors (Lipinski definition) is 4. The number of rotatable bonds is 10. The van der Waals surface area contributed by atoms with Crippen molar-refractivity contribution in [2.45, 2.75) is 178 Å². The zero-order valence-corrected chi connectivity index (χ0v) is 20.9. The summed E-state index contributed by atoms with van der Waals surface area (Å²) in [6, 6.07) is 0. The predicted molar refractivity (Wildman–Crippen MR) is 129 cm³/mol. The van der Waals surface area contributed by atoms with E-state index >= 15 is 0 Å². The van der Waals surface area contributed by atoms with Crippen LogP contribution in [0.25, 0.3) is 0 Å². The summed E-state index contributed by atoms with van der Waals surface area (Å²) in [6.45, 7) is 2.19. The Labute approximate surface area is 197 Å². The van der Waals surface area contributed by atoms with Gasteiger partial charge in [0.25, 0.3) is 0 Å². The molecule has 4 saturated carbocycles. The molecule has 0 amide bonds. The molecular formula is C28H50O4. The van der Waals surface area contributed by atoms with Gasteiger partial charge in [-0.1, -0.05) is 77.0 Å². The van der Waals surface area contributed by atoms with Gasteiger partial charge in [0, 0.05) is 0 Å². The van der Waals surface area contributed by atoms with Crippen LogP contribution in [-0.2, 0) is 18.9 Å². The van der Waals surface area contributed by atoms with Crippen LogP contribution < -0.4 is 0 Å². The van der Waals surface area contributed by atoms with Crippen molar-refractivity contribution in [3.05, 3.63) is 0 Å². The van der Waals surface area contributed by atoms with E-state index in [1.54, 1.807) is 0 Å². The van der Waals surface area contributed by atoms with Crippen LogP contribution in [0.3, 0.4) is 0 Å². The van der Waals surface area contributed by atoms with Gasteiger partial charge in [-0.05, 0) is 58.3 Å². The van der Waals surface area contributed by atoms with Crippen LogP contribution in [0.4, 0.5) is 0 Å². The van der Waals surface area contributed by atoms with E-state index in [2.05, 4.69) is 6.92 Å². The highest BCUT2D eigenvalue weighted by Gasteiger charge is 2.38. The fourth-order valence-corrected chi connectivity index (χ4v) is 6.46. The molecule has 0 aliphatic heterocycles. The largest absolute Gasteiger partial charge is 0.349 e. The van der Waals surface area contributed by atoms with E-state index in [1.807, 2.05) is 0 Å². The van der Waals surface area contributed by atoms with Crippen LogP contribution in [0, 0.1) is 0 Å². The maximum atomic E-state index is 6.81. The molecule has 0 atom stereocenters. The van der Waals surface area contributed by atoms with Crippen molar-refractivity contribution in [2.24, 2.45) is 0 Å². The molecular weight excluding hydrogens is 400 g/mol. The Morgan fingerprint density at radius 1 is 0.500 bits per heavy atom. The first kappa shape index (κ1) is 24.9. The molecule has 0 unspecified atom stereocenters. The second-order valence-corrected chi connectivity index (χ2v) is 11.3. The monoisotopic (exact) mass is 450 g/mol. The smallest absolute Gasteiger partial charge is 0.171 e. The topological polar surface area (TPSA) is 36.9 Å². The highest BCUT2D eigenvalue weighted by molar-refractivity contribution is 4.78. The highest BCUT2D eigenvalue weighted by Crippen LogP contribution is 2.35.